The third-order valence-corrected chi connectivity index (χ3v) is 3.72. The lowest BCUT2D eigenvalue weighted by molar-refractivity contribution is 0.0347. The minimum atomic E-state index is 0.575. The SMILES string of the molecule is NN1CCC2(CC1)CCN(N)CC2. The van der Waals surface area contributed by atoms with E-state index in [2.05, 4.69) is 0 Å². The summed E-state index contributed by atoms with van der Waals surface area (Å²) >= 11 is 0. The van der Waals surface area contributed by atoms with Crippen molar-refractivity contribution in [2.75, 3.05) is 26.2 Å². The monoisotopic (exact) mass is 184 g/mol. The maximum absolute atomic E-state index is 5.75. The summed E-state index contributed by atoms with van der Waals surface area (Å²) in [6, 6.07) is 0. The van der Waals surface area contributed by atoms with Gasteiger partial charge in [0.25, 0.3) is 0 Å². The van der Waals surface area contributed by atoms with E-state index in [1.54, 1.807) is 0 Å². The molecule has 4 heteroatoms. The van der Waals surface area contributed by atoms with Crippen LogP contribution in [0.25, 0.3) is 0 Å². The topological polar surface area (TPSA) is 58.5 Å². The molecule has 1 spiro atoms. The number of hydrogen-bond acceptors (Lipinski definition) is 4. The van der Waals surface area contributed by atoms with Crippen molar-refractivity contribution in [3.63, 3.8) is 0 Å². The van der Waals surface area contributed by atoms with Crippen LogP contribution >= 0.6 is 0 Å². The Morgan fingerprint density at radius 3 is 1.31 bits per heavy atom. The minimum Gasteiger partial charge on any atom is -0.269 e. The van der Waals surface area contributed by atoms with E-state index in [9.17, 15) is 0 Å². The lowest BCUT2D eigenvalue weighted by atomic mass is 9.72. The lowest BCUT2D eigenvalue weighted by Crippen LogP contribution is -2.50. The molecule has 0 aromatic carbocycles. The molecular formula is C9H20N4. The van der Waals surface area contributed by atoms with Crippen molar-refractivity contribution in [1.82, 2.24) is 10.0 Å². The van der Waals surface area contributed by atoms with Crippen molar-refractivity contribution in [3.8, 4) is 0 Å². The summed E-state index contributed by atoms with van der Waals surface area (Å²) in [5.74, 6) is 11.5. The van der Waals surface area contributed by atoms with Crippen molar-refractivity contribution in [1.29, 1.82) is 0 Å². The summed E-state index contributed by atoms with van der Waals surface area (Å²) < 4.78 is 0. The summed E-state index contributed by atoms with van der Waals surface area (Å²) in [6.45, 7) is 4.24. The third-order valence-electron chi connectivity index (χ3n) is 3.72. The van der Waals surface area contributed by atoms with Gasteiger partial charge in [0.05, 0.1) is 0 Å². The standard InChI is InChI=1S/C9H20N4/c10-12-5-1-9(2-6-12)3-7-13(11)8-4-9/h1-8,10-11H2. The quantitative estimate of drug-likeness (QED) is 0.517. The van der Waals surface area contributed by atoms with Crippen molar-refractivity contribution in [3.05, 3.63) is 0 Å². The van der Waals surface area contributed by atoms with Gasteiger partial charge in [-0.1, -0.05) is 0 Å². The van der Waals surface area contributed by atoms with E-state index >= 15 is 0 Å². The van der Waals surface area contributed by atoms with Gasteiger partial charge in [-0.2, -0.15) is 0 Å². The Morgan fingerprint density at radius 2 is 1.00 bits per heavy atom. The van der Waals surface area contributed by atoms with Crippen LogP contribution in [0.4, 0.5) is 0 Å². The molecule has 2 aliphatic rings. The summed E-state index contributed by atoms with van der Waals surface area (Å²) in [5.41, 5.74) is 0.575. The third kappa shape index (κ3) is 2.02. The van der Waals surface area contributed by atoms with E-state index in [1.165, 1.54) is 25.7 Å². The molecule has 4 nitrogen and oxygen atoms in total. The molecule has 2 heterocycles. The Hall–Kier alpha value is -0.160. The maximum Gasteiger partial charge on any atom is 0.0133 e. The van der Waals surface area contributed by atoms with E-state index in [0.29, 0.717) is 5.41 Å². The van der Waals surface area contributed by atoms with Crippen LogP contribution in [-0.4, -0.2) is 36.2 Å². The van der Waals surface area contributed by atoms with Gasteiger partial charge in [0.15, 0.2) is 0 Å². The first-order valence-corrected chi connectivity index (χ1v) is 5.20. The van der Waals surface area contributed by atoms with Gasteiger partial charge in [0.1, 0.15) is 0 Å². The van der Waals surface area contributed by atoms with Crippen LogP contribution in [0.15, 0.2) is 0 Å². The van der Waals surface area contributed by atoms with Crippen molar-refractivity contribution < 1.29 is 0 Å². The smallest absolute Gasteiger partial charge is 0.0133 e. The molecule has 0 bridgehead atoms. The van der Waals surface area contributed by atoms with Gasteiger partial charge in [-0.05, 0) is 31.1 Å². The Morgan fingerprint density at radius 1 is 0.692 bits per heavy atom. The average molecular weight is 184 g/mol. The number of piperidine rings is 2. The van der Waals surface area contributed by atoms with Gasteiger partial charge in [-0.25, -0.2) is 10.0 Å². The normalized spacial score (nSPS) is 30.9. The van der Waals surface area contributed by atoms with E-state index in [4.69, 9.17) is 11.7 Å². The number of hydrazine groups is 2. The Balaban J connectivity index is 1.90. The molecule has 0 aliphatic carbocycles. The fourth-order valence-corrected chi connectivity index (χ4v) is 2.50. The van der Waals surface area contributed by atoms with Crippen LogP contribution in [0, 0.1) is 5.41 Å². The second kappa shape index (κ2) is 3.53. The molecule has 0 aromatic rings. The van der Waals surface area contributed by atoms with Gasteiger partial charge in [0.2, 0.25) is 0 Å². The molecule has 2 aliphatic heterocycles. The molecule has 2 fully saturated rings. The van der Waals surface area contributed by atoms with Crippen LogP contribution in [0.3, 0.4) is 0 Å². The Bertz CT molecular complexity index is 143. The zero-order valence-electron chi connectivity index (χ0n) is 8.21. The Labute approximate surface area is 79.8 Å². The predicted octanol–water partition coefficient (Wildman–Crippen LogP) is -0.0882. The highest BCUT2D eigenvalue weighted by molar-refractivity contribution is 4.88. The van der Waals surface area contributed by atoms with Gasteiger partial charge >= 0.3 is 0 Å². The van der Waals surface area contributed by atoms with Crippen LogP contribution in [0.2, 0.25) is 0 Å². The van der Waals surface area contributed by atoms with E-state index in [-0.39, 0.29) is 0 Å². The highest BCUT2D eigenvalue weighted by atomic mass is 15.4. The van der Waals surface area contributed by atoms with Gasteiger partial charge < -0.3 is 0 Å². The highest BCUT2D eigenvalue weighted by Gasteiger charge is 2.36. The molecule has 4 N–H and O–H groups in total. The maximum atomic E-state index is 5.75. The average Bonchev–Trinajstić information content (AvgIpc) is 2.16. The summed E-state index contributed by atoms with van der Waals surface area (Å²) in [5, 5.41) is 3.89. The molecule has 13 heavy (non-hydrogen) atoms. The molecule has 0 aromatic heterocycles. The van der Waals surface area contributed by atoms with Crippen molar-refractivity contribution in [2.45, 2.75) is 25.7 Å². The molecule has 0 atom stereocenters. The van der Waals surface area contributed by atoms with Gasteiger partial charge in [0, 0.05) is 26.2 Å². The molecule has 0 amide bonds. The van der Waals surface area contributed by atoms with Crippen molar-refractivity contribution in [2.24, 2.45) is 17.1 Å². The number of nitrogens with zero attached hydrogens (tertiary/aromatic N) is 2. The molecule has 0 unspecified atom stereocenters. The molecule has 76 valence electrons. The number of hydrogen-bond donors (Lipinski definition) is 2. The fraction of sp³-hybridized carbons (Fsp3) is 1.00. The second-order valence-corrected chi connectivity index (χ2v) is 4.57. The molecule has 2 rings (SSSR count). The first kappa shape index (κ1) is 9.40. The Kier molecular flexibility index (Phi) is 2.55. The van der Waals surface area contributed by atoms with Crippen LogP contribution in [-0.2, 0) is 0 Å². The predicted molar refractivity (Wildman–Crippen MR) is 52.4 cm³/mol. The fourth-order valence-electron chi connectivity index (χ4n) is 2.50. The van der Waals surface area contributed by atoms with Crippen LogP contribution in [0.5, 0.6) is 0 Å². The summed E-state index contributed by atoms with van der Waals surface area (Å²) in [6.07, 6.45) is 5.04. The highest BCUT2D eigenvalue weighted by Crippen LogP contribution is 2.39. The molecule has 2 saturated heterocycles. The molecular weight excluding hydrogens is 164 g/mol. The first-order chi connectivity index (χ1) is 6.20. The molecule has 0 saturated carbocycles. The summed E-state index contributed by atoms with van der Waals surface area (Å²) in [4.78, 5) is 0. The lowest BCUT2D eigenvalue weighted by Gasteiger charge is -2.45. The number of nitrogens with two attached hydrogens (primary N) is 2. The second-order valence-electron chi connectivity index (χ2n) is 4.57. The summed E-state index contributed by atoms with van der Waals surface area (Å²) in [7, 11) is 0. The van der Waals surface area contributed by atoms with E-state index in [1.807, 2.05) is 10.0 Å². The van der Waals surface area contributed by atoms with Crippen molar-refractivity contribution >= 4 is 0 Å². The van der Waals surface area contributed by atoms with E-state index < -0.39 is 0 Å². The van der Waals surface area contributed by atoms with E-state index in [0.717, 1.165) is 26.2 Å². The zero-order valence-corrected chi connectivity index (χ0v) is 8.21. The van der Waals surface area contributed by atoms with Crippen LogP contribution < -0.4 is 11.7 Å². The van der Waals surface area contributed by atoms with Gasteiger partial charge in [-0.3, -0.25) is 11.7 Å². The van der Waals surface area contributed by atoms with Crippen LogP contribution in [0.1, 0.15) is 25.7 Å². The minimum absolute atomic E-state index is 0.575. The first-order valence-electron chi connectivity index (χ1n) is 5.20. The van der Waals surface area contributed by atoms with Gasteiger partial charge in [-0.15, -0.1) is 0 Å². The number of rotatable bonds is 0. The largest absolute Gasteiger partial charge is 0.269 e. The molecule has 0 radical (unpaired) electrons. The zero-order chi connectivity index (χ0) is 9.31.